The average molecular weight is 510 g/mol. The molecule has 33 heavy (non-hydrogen) atoms. The van der Waals surface area contributed by atoms with E-state index in [9.17, 15) is 47.9 Å². The number of sulfone groups is 1. The van der Waals surface area contributed by atoms with Crippen molar-refractivity contribution in [2.75, 3.05) is 5.75 Å². The molecule has 184 valence electrons. The molecule has 0 radical (unpaired) electrons. The minimum atomic E-state index is -7.03. The topological polar surface area (TPSA) is 77.7 Å². The highest BCUT2D eigenvalue weighted by Crippen LogP contribution is 2.53. The SMILES string of the molecule is CCS(=O)(=O)c1cc(C2CC2)cnc1-c1ncn(CC(F)(F)C(F)(F)C(F)(F)C(F)(F)F)n1. The van der Waals surface area contributed by atoms with E-state index < -0.39 is 51.8 Å². The number of halogens is 9. The molecule has 2 aromatic rings. The molecule has 3 rings (SSSR count). The zero-order chi connectivity index (χ0) is 25.0. The number of alkyl halides is 9. The van der Waals surface area contributed by atoms with Gasteiger partial charge in [-0.25, -0.2) is 18.1 Å². The second kappa shape index (κ2) is 7.84. The smallest absolute Gasteiger partial charge is 0.251 e. The van der Waals surface area contributed by atoms with E-state index in [1.807, 2.05) is 0 Å². The van der Waals surface area contributed by atoms with Gasteiger partial charge in [0.2, 0.25) is 5.82 Å². The van der Waals surface area contributed by atoms with E-state index >= 15 is 0 Å². The highest BCUT2D eigenvalue weighted by molar-refractivity contribution is 7.91. The Morgan fingerprint density at radius 3 is 2.12 bits per heavy atom. The molecule has 0 aliphatic heterocycles. The molecule has 0 atom stereocenters. The van der Waals surface area contributed by atoms with Crippen molar-refractivity contribution in [2.45, 2.75) is 61.1 Å². The van der Waals surface area contributed by atoms with E-state index in [0.717, 1.165) is 12.8 Å². The maximum Gasteiger partial charge on any atom is 0.460 e. The van der Waals surface area contributed by atoms with Gasteiger partial charge in [-0.1, -0.05) is 6.92 Å². The fraction of sp³-hybridized carbons (Fsp3) is 0.588. The summed E-state index contributed by atoms with van der Waals surface area (Å²) < 4.78 is 142. The zero-order valence-electron chi connectivity index (χ0n) is 16.6. The first-order valence-electron chi connectivity index (χ1n) is 9.27. The molecule has 1 aliphatic carbocycles. The van der Waals surface area contributed by atoms with Crippen LogP contribution in [0.1, 0.15) is 31.2 Å². The first-order valence-corrected chi connectivity index (χ1v) is 10.9. The first kappa shape index (κ1) is 25.2. The molecule has 2 aromatic heterocycles. The van der Waals surface area contributed by atoms with Crippen LogP contribution in [0.3, 0.4) is 0 Å². The monoisotopic (exact) mass is 510 g/mol. The predicted octanol–water partition coefficient (Wildman–Crippen LogP) is 4.48. The second-order valence-electron chi connectivity index (χ2n) is 7.41. The van der Waals surface area contributed by atoms with E-state index in [4.69, 9.17) is 0 Å². The van der Waals surface area contributed by atoms with E-state index in [-0.39, 0.29) is 21.2 Å². The summed E-state index contributed by atoms with van der Waals surface area (Å²) in [5.74, 6) is -20.7. The normalized spacial score (nSPS) is 16.3. The Bertz CT molecular complexity index is 1140. The summed E-state index contributed by atoms with van der Waals surface area (Å²) >= 11 is 0. The molecule has 1 aliphatic rings. The van der Waals surface area contributed by atoms with Crippen molar-refractivity contribution >= 4 is 9.84 Å². The fourth-order valence-electron chi connectivity index (χ4n) is 2.85. The van der Waals surface area contributed by atoms with Crippen LogP contribution >= 0.6 is 0 Å². The maximum atomic E-state index is 13.9. The third-order valence-corrected chi connectivity index (χ3v) is 6.70. The van der Waals surface area contributed by atoms with Crippen molar-refractivity contribution in [3.63, 3.8) is 0 Å². The summed E-state index contributed by atoms with van der Waals surface area (Å²) in [6, 6.07) is 1.30. The van der Waals surface area contributed by atoms with Crippen LogP contribution in [0.4, 0.5) is 39.5 Å². The van der Waals surface area contributed by atoms with Gasteiger partial charge in [0.05, 0.1) is 10.6 Å². The molecule has 6 nitrogen and oxygen atoms in total. The standard InChI is InChI=1S/C17H15F9N4O2S/c1-2-33(31,32)11-5-10(9-3-4-9)6-27-12(11)13-28-8-30(29-13)7-14(18,19)15(20,21)16(22,23)17(24,25)26/h5-6,8-9H,2-4,7H2,1H3. The summed E-state index contributed by atoms with van der Waals surface area (Å²) in [7, 11) is -3.93. The number of nitrogens with zero attached hydrogens (tertiary/aromatic N) is 4. The molecule has 0 aromatic carbocycles. The largest absolute Gasteiger partial charge is 0.460 e. The van der Waals surface area contributed by atoms with Gasteiger partial charge in [0.1, 0.15) is 18.6 Å². The Hall–Kier alpha value is -2.39. The summed E-state index contributed by atoms with van der Waals surface area (Å²) in [5, 5.41) is 3.36. The third kappa shape index (κ3) is 4.40. The molecule has 0 amide bonds. The molecule has 0 saturated heterocycles. The minimum Gasteiger partial charge on any atom is -0.251 e. The van der Waals surface area contributed by atoms with Crippen LogP contribution in [-0.4, -0.2) is 57.9 Å². The number of hydrogen-bond donors (Lipinski definition) is 0. The highest BCUT2D eigenvalue weighted by atomic mass is 32.2. The Morgan fingerprint density at radius 1 is 1.00 bits per heavy atom. The van der Waals surface area contributed by atoms with Gasteiger partial charge in [-0.2, -0.15) is 39.5 Å². The number of hydrogen-bond acceptors (Lipinski definition) is 5. The lowest BCUT2D eigenvalue weighted by Crippen LogP contribution is -2.62. The van der Waals surface area contributed by atoms with Crippen LogP contribution in [0.15, 0.2) is 23.5 Å². The quantitative estimate of drug-likeness (QED) is 0.490. The minimum absolute atomic E-state index is 0.0825. The van der Waals surface area contributed by atoms with E-state index in [2.05, 4.69) is 15.1 Å². The fourth-order valence-corrected chi connectivity index (χ4v) is 3.92. The lowest BCUT2D eigenvalue weighted by Gasteiger charge is -2.33. The molecule has 0 bridgehead atoms. The van der Waals surface area contributed by atoms with Crippen molar-refractivity contribution < 1.29 is 47.9 Å². The Balaban J connectivity index is 1.96. The molecule has 0 unspecified atom stereocenters. The second-order valence-corrected chi connectivity index (χ2v) is 9.66. The number of rotatable bonds is 8. The molecule has 2 heterocycles. The van der Waals surface area contributed by atoms with Crippen molar-refractivity contribution in [3.8, 4) is 11.5 Å². The predicted molar refractivity (Wildman–Crippen MR) is 93.9 cm³/mol. The van der Waals surface area contributed by atoms with Crippen LogP contribution < -0.4 is 0 Å². The van der Waals surface area contributed by atoms with Crippen molar-refractivity contribution in [2.24, 2.45) is 0 Å². The zero-order valence-corrected chi connectivity index (χ0v) is 17.4. The van der Waals surface area contributed by atoms with Gasteiger partial charge in [0.15, 0.2) is 9.84 Å². The van der Waals surface area contributed by atoms with Crippen molar-refractivity contribution in [3.05, 3.63) is 24.2 Å². The summed E-state index contributed by atoms with van der Waals surface area (Å²) in [6.45, 7) is -1.08. The van der Waals surface area contributed by atoms with Crippen LogP contribution in [0.25, 0.3) is 11.5 Å². The van der Waals surface area contributed by atoms with E-state index in [1.54, 1.807) is 0 Å². The highest BCUT2D eigenvalue weighted by Gasteiger charge is 2.81. The average Bonchev–Trinajstić information content (AvgIpc) is 3.46. The summed E-state index contributed by atoms with van der Waals surface area (Å²) in [4.78, 5) is 7.08. The Kier molecular flexibility index (Phi) is 5.99. The van der Waals surface area contributed by atoms with Crippen LogP contribution in [0, 0.1) is 0 Å². The first-order chi connectivity index (χ1) is 14.9. The molecule has 16 heteroatoms. The van der Waals surface area contributed by atoms with E-state index in [1.165, 1.54) is 19.2 Å². The molecule has 1 fully saturated rings. The van der Waals surface area contributed by atoms with Crippen molar-refractivity contribution in [1.29, 1.82) is 0 Å². The van der Waals surface area contributed by atoms with Crippen LogP contribution in [0.5, 0.6) is 0 Å². The molecule has 0 spiro atoms. The van der Waals surface area contributed by atoms with Gasteiger partial charge < -0.3 is 0 Å². The summed E-state index contributed by atoms with van der Waals surface area (Å²) in [6.07, 6.45) is -3.68. The Morgan fingerprint density at radius 2 is 1.61 bits per heavy atom. The van der Waals surface area contributed by atoms with Crippen molar-refractivity contribution in [1.82, 2.24) is 19.7 Å². The van der Waals surface area contributed by atoms with E-state index in [0.29, 0.717) is 11.9 Å². The van der Waals surface area contributed by atoms with Crippen LogP contribution in [0.2, 0.25) is 0 Å². The van der Waals surface area contributed by atoms with Crippen LogP contribution in [-0.2, 0) is 16.4 Å². The molecular formula is C17H15F9N4O2S. The lowest BCUT2D eigenvalue weighted by atomic mass is 10.0. The van der Waals surface area contributed by atoms with Gasteiger partial charge in [-0.05, 0) is 30.4 Å². The molecule has 1 saturated carbocycles. The van der Waals surface area contributed by atoms with Gasteiger partial charge in [-0.15, -0.1) is 5.10 Å². The third-order valence-electron chi connectivity index (χ3n) is 4.96. The van der Waals surface area contributed by atoms with Gasteiger partial charge in [0, 0.05) is 6.20 Å². The lowest BCUT2D eigenvalue weighted by molar-refractivity contribution is -0.397. The maximum absolute atomic E-state index is 13.9. The molecule has 0 N–H and O–H groups in total. The summed E-state index contributed by atoms with van der Waals surface area (Å²) in [5.41, 5.74) is 0.182. The number of pyridine rings is 1. The van der Waals surface area contributed by atoms with Gasteiger partial charge in [-0.3, -0.25) is 4.98 Å². The molecular weight excluding hydrogens is 495 g/mol. The van der Waals surface area contributed by atoms with Gasteiger partial charge in [0.25, 0.3) is 0 Å². The Labute approximate surface area is 180 Å². The number of aromatic nitrogens is 4. The van der Waals surface area contributed by atoms with Gasteiger partial charge >= 0.3 is 23.9 Å².